The van der Waals surface area contributed by atoms with E-state index in [0.717, 1.165) is 5.82 Å². The Labute approximate surface area is 113 Å². The number of nitrogens with two attached hydrogens (primary N) is 1. The predicted molar refractivity (Wildman–Crippen MR) is 77.6 cm³/mol. The van der Waals surface area contributed by atoms with Crippen LogP contribution >= 0.6 is 12.2 Å². The zero-order chi connectivity index (χ0) is 13.0. The molecule has 0 amide bonds. The van der Waals surface area contributed by atoms with Gasteiger partial charge in [0.05, 0.1) is 0 Å². The van der Waals surface area contributed by atoms with Crippen molar-refractivity contribution < 1.29 is 0 Å². The molecule has 1 aromatic heterocycles. The van der Waals surface area contributed by atoms with Crippen LogP contribution in [0.2, 0.25) is 0 Å². The molecule has 2 atom stereocenters. The molecule has 3 N–H and O–H groups in total. The summed E-state index contributed by atoms with van der Waals surface area (Å²) < 4.78 is 0. The second-order valence-electron chi connectivity index (χ2n) is 4.98. The van der Waals surface area contributed by atoms with Crippen molar-refractivity contribution in [3.05, 3.63) is 18.1 Å². The lowest BCUT2D eigenvalue weighted by Crippen LogP contribution is -2.28. The SMILES string of the molecule is CC1CCCCCC1Nc1nccnc1C(N)=S. The molecular formula is C13H20N4S. The fourth-order valence-electron chi connectivity index (χ4n) is 2.51. The maximum Gasteiger partial charge on any atom is 0.155 e. The van der Waals surface area contributed by atoms with Crippen LogP contribution in [-0.2, 0) is 0 Å². The number of rotatable bonds is 3. The van der Waals surface area contributed by atoms with E-state index < -0.39 is 0 Å². The van der Waals surface area contributed by atoms with Gasteiger partial charge in [-0.3, -0.25) is 0 Å². The van der Waals surface area contributed by atoms with Gasteiger partial charge in [0.2, 0.25) is 0 Å². The summed E-state index contributed by atoms with van der Waals surface area (Å²) in [5, 5.41) is 3.48. The average molecular weight is 264 g/mol. The number of hydrogen-bond acceptors (Lipinski definition) is 4. The van der Waals surface area contributed by atoms with Gasteiger partial charge in [-0.15, -0.1) is 0 Å². The van der Waals surface area contributed by atoms with Gasteiger partial charge < -0.3 is 11.1 Å². The van der Waals surface area contributed by atoms with Crippen LogP contribution in [0.1, 0.15) is 44.7 Å². The van der Waals surface area contributed by atoms with Crippen LogP contribution in [0.5, 0.6) is 0 Å². The Bertz CT molecular complexity index is 421. The van der Waals surface area contributed by atoms with Crippen molar-refractivity contribution in [1.29, 1.82) is 0 Å². The van der Waals surface area contributed by atoms with Crippen molar-refractivity contribution >= 4 is 23.0 Å². The second-order valence-corrected chi connectivity index (χ2v) is 5.42. The van der Waals surface area contributed by atoms with Gasteiger partial charge in [0.15, 0.2) is 5.82 Å². The van der Waals surface area contributed by atoms with Crippen molar-refractivity contribution in [2.24, 2.45) is 11.7 Å². The van der Waals surface area contributed by atoms with Gasteiger partial charge >= 0.3 is 0 Å². The lowest BCUT2D eigenvalue weighted by Gasteiger charge is -2.24. The lowest BCUT2D eigenvalue weighted by molar-refractivity contribution is 0.455. The smallest absolute Gasteiger partial charge is 0.155 e. The second kappa shape index (κ2) is 6.09. The van der Waals surface area contributed by atoms with Gasteiger partial charge in [0, 0.05) is 18.4 Å². The molecule has 1 aliphatic carbocycles. The summed E-state index contributed by atoms with van der Waals surface area (Å²) in [5.74, 6) is 1.37. The highest BCUT2D eigenvalue weighted by molar-refractivity contribution is 7.80. The van der Waals surface area contributed by atoms with Crippen molar-refractivity contribution in [3.63, 3.8) is 0 Å². The standard InChI is InChI=1S/C13H20N4S/c1-9-5-3-2-4-6-10(9)17-13-11(12(14)18)15-7-8-16-13/h7-10H,2-6H2,1H3,(H2,14,18)(H,16,17). The van der Waals surface area contributed by atoms with Crippen LogP contribution in [0, 0.1) is 5.92 Å². The Morgan fingerprint density at radius 3 is 2.78 bits per heavy atom. The first-order valence-electron chi connectivity index (χ1n) is 6.56. The van der Waals surface area contributed by atoms with Gasteiger partial charge in [-0.1, -0.05) is 38.4 Å². The van der Waals surface area contributed by atoms with Gasteiger partial charge in [-0.05, 0) is 18.8 Å². The molecule has 1 aliphatic rings. The summed E-state index contributed by atoms with van der Waals surface area (Å²) >= 11 is 5.01. The molecule has 2 unspecified atom stereocenters. The zero-order valence-corrected chi connectivity index (χ0v) is 11.5. The molecule has 1 heterocycles. The maximum absolute atomic E-state index is 5.67. The predicted octanol–water partition coefficient (Wildman–Crippen LogP) is 2.49. The summed E-state index contributed by atoms with van der Waals surface area (Å²) in [6, 6.07) is 0.442. The van der Waals surface area contributed by atoms with Gasteiger partial charge in [0.25, 0.3) is 0 Å². The minimum atomic E-state index is 0.298. The molecule has 5 heteroatoms. The number of aromatic nitrogens is 2. The molecule has 0 bridgehead atoms. The fraction of sp³-hybridized carbons (Fsp3) is 0.615. The highest BCUT2D eigenvalue weighted by atomic mass is 32.1. The number of anilines is 1. The molecule has 18 heavy (non-hydrogen) atoms. The number of hydrogen-bond donors (Lipinski definition) is 2. The third-order valence-electron chi connectivity index (χ3n) is 3.62. The van der Waals surface area contributed by atoms with E-state index in [2.05, 4.69) is 22.2 Å². The number of thiocarbonyl (C=S) groups is 1. The lowest BCUT2D eigenvalue weighted by atomic mass is 9.97. The first-order valence-corrected chi connectivity index (χ1v) is 6.96. The van der Waals surface area contributed by atoms with Crippen molar-refractivity contribution in [2.75, 3.05) is 5.32 Å². The molecule has 0 radical (unpaired) electrons. The monoisotopic (exact) mass is 264 g/mol. The van der Waals surface area contributed by atoms with Crippen LogP contribution in [0.3, 0.4) is 0 Å². The Morgan fingerprint density at radius 1 is 1.28 bits per heavy atom. The Kier molecular flexibility index (Phi) is 4.47. The Hall–Kier alpha value is -1.23. The van der Waals surface area contributed by atoms with Crippen molar-refractivity contribution in [2.45, 2.75) is 45.1 Å². The topological polar surface area (TPSA) is 63.8 Å². The molecule has 0 aromatic carbocycles. The summed E-state index contributed by atoms with van der Waals surface area (Å²) in [6.45, 7) is 2.29. The summed E-state index contributed by atoms with van der Waals surface area (Å²) in [7, 11) is 0. The first-order chi connectivity index (χ1) is 8.68. The summed E-state index contributed by atoms with van der Waals surface area (Å²) in [5.41, 5.74) is 6.28. The molecule has 1 aromatic rings. The minimum Gasteiger partial charge on any atom is -0.388 e. The van der Waals surface area contributed by atoms with E-state index in [1.807, 2.05) is 0 Å². The maximum atomic E-state index is 5.67. The molecule has 0 spiro atoms. The molecule has 1 saturated carbocycles. The highest BCUT2D eigenvalue weighted by Crippen LogP contribution is 2.25. The Morgan fingerprint density at radius 2 is 2.00 bits per heavy atom. The number of nitrogens with zero attached hydrogens (tertiary/aromatic N) is 2. The van der Waals surface area contributed by atoms with Crippen LogP contribution in [0.4, 0.5) is 5.82 Å². The van der Waals surface area contributed by atoms with Crippen molar-refractivity contribution in [1.82, 2.24) is 9.97 Å². The Balaban J connectivity index is 2.14. The zero-order valence-electron chi connectivity index (χ0n) is 10.7. The van der Waals surface area contributed by atoms with E-state index in [0.29, 0.717) is 22.6 Å². The molecule has 98 valence electrons. The third-order valence-corrected chi connectivity index (χ3v) is 3.81. The molecular weight excluding hydrogens is 244 g/mol. The van der Waals surface area contributed by atoms with Crippen LogP contribution in [0.25, 0.3) is 0 Å². The minimum absolute atomic E-state index is 0.298. The summed E-state index contributed by atoms with van der Waals surface area (Å²) in [4.78, 5) is 8.82. The van der Waals surface area contributed by atoms with Gasteiger partial charge in [-0.25, -0.2) is 9.97 Å². The van der Waals surface area contributed by atoms with E-state index in [1.165, 1.54) is 32.1 Å². The first kappa shape index (κ1) is 13.2. The van der Waals surface area contributed by atoms with E-state index in [-0.39, 0.29) is 0 Å². The molecule has 4 nitrogen and oxygen atoms in total. The molecule has 0 saturated heterocycles. The van der Waals surface area contributed by atoms with E-state index >= 15 is 0 Å². The molecule has 1 fully saturated rings. The number of nitrogens with one attached hydrogen (secondary N) is 1. The fourth-order valence-corrected chi connectivity index (χ4v) is 2.66. The molecule has 0 aliphatic heterocycles. The molecule has 2 rings (SSSR count). The largest absolute Gasteiger partial charge is 0.388 e. The third kappa shape index (κ3) is 3.16. The van der Waals surface area contributed by atoms with Gasteiger partial charge in [-0.2, -0.15) is 0 Å². The average Bonchev–Trinajstić information content (AvgIpc) is 2.55. The normalized spacial score (nSPS) is 24.3. The van der Waals surface area contributed by atoms with Gasteiger partial charge in [0.1, 0.15) is 10.7 Å². The summed E-state index contributed by atoms with van der Waals surface area (Å²) in [6.07, 6.45) is 9.65. The highest BCUT2D eigenvalue weighted by Gasteiger charge is 2.21. The van der Waals surface area contributed by atoms with Crippen molar-refractivity contribution in [3.8, 4) is 0 Å². The van der Waals surface area contributed by atoms with E-state index in [4.69, 9.17) is 18.0 Å². The van der Waals surface area contributed by atoms with E-state index in [1.54, 1.807) is 12.4 Å². The van der Waals surface area contributed by atoms with Crippen LogP contribution in [0.15, 0.2) is 12.4 Å². The van der Waals surface area contributed by atoms with Crippen LogP contribution < -0.4 is 11.1 Å². The quantitative estimate of drug-likeness (QED) is 0.648. The van der Waals surface area contributed by atoms with Crippen LogP contribution in [-0.4, -0.2) is 21.0 Å². The van der Waals surface area contributed by atoms with E-state index in [9.17, 15) is 0 Å².